The van der Waals surface area contributed by atoms with Gasteiger partial charge in [-0.3, -0.25) is 4.79 Å². The highest BCUT2D eigenvalue weighted by Gasteiger charge is 2.29. The molecule has 0 saturated heterocycles. The lowest BCUT2D eigenvalue weighted by Crippen LogP contribution is -2.47. The van der Waals surface area contributed by atoms with E-state index in [0.717, 1.165) is 13.0 Å². The van der Waals surface area contributed by atoms with Gasteiger partial charge in [-0.25, -0.2) is 0 Å². The molecule has 3 nitrogen and oxygen atoms in total. The molecule has 1 N–H and O–H groups in total. The molecule has 4 heteroatoms. The molecular formula is C15H22N2OS. The van der Waals surface area contributed by atoms with E-state index in [1.807, 2.05) is 17.8 Å². The molecule has 19 heavy (non-hydrogen) atoms. The zero-order chi connectivity index (χ0) is 13.8. The van der Waals surface area contributed by atoms with Gasteiger partial charge in [0.1, 0.15) is 0 Å². The minimum absolute atomic E-state index is 0.114. The van der Waals surface area contributed by atoms with Crippen molar-refractivity contribution in [1.29, 1.82) is 0 Å². The van der Waals surface area contributed by atoms with Gasteiger partial charge >= 0.3 is 0 Å². The Labute approximate surface area is 119 Å². The summed E-state index contributed by atoms with van der Waals surface area (Å²) in [6.07, 6.45) is 0.976. The molecule has 1 aromatic rings. The van der Waals surface area contributed by atoms with Crippen LogP contribution in [0.5, 0.6) is 0 Å². The second-order valence-corrected chi connectivity index (χ2v) is 6.43. The Balaban J connectivity index is 2.16. The first-order valence-electron chi connectivity index (χ1n) is 6.92. The van der Waals surface area contributed by atoms with Crippen LogP contribution >= 0.6 is 11.8 Å². The van der Waals surface area contributed by atoms with Gasteiger partial charge in [-0.1, -0.05) is 26.0 Å². The summed E-state index contributed by atoms with van der Waals surface area (Å²) in [6.45, 7) is 7.69. The number of anilines is 1. The van der Waals surface area contributed by atoms with E-state index in [-0.39, 0.29) is 5.91 Å². The topological polar surface area (TPSA) is 32.3 Å². The van der Waals surface area contributed by atoms with Gasteiger partial charge in [0.05, 0.1) is 12.2 Å². The van der Waals surface area contributed by atoms with Crippen LogP contribution in [0.3, 0.4) is 0 Å². The summed E-state index contributed by atoms with van der Waals surface area (Å²) >= 11 is 1.90. The largest absolute Gasteiger partial charge is 0.357 e. The van der Waals surface area contributed by atoms with Crippen LogP contribution in [0.25, 0.3) is 0 Å². The number of hydrogen-bond donors (Lipinski definition) is 1. The van der Waals surface area contributed by atoms with Crippen molar-refractivity contribution >= 4 is 23.4 Å². The minimum atomic E-state index is 0.114. The monoisotopic (exact) mass is 278 g/mol. The number of carbonyl (C=O) groups is 1. The summed E-state index contributed by atoms with van der Waals surface area (Å²) < 4.78 is 0. The molecule has 0 bridgehead atoms. The molecule has 0 unspecified atom stereocenters. The van der Waals surface area contributed by atoms with E-state index in [1.165, 1.54) is 10.6 Å². The fraction of sp³-hybridized carbons (Fsp3) is 0.533. The number of para-hydroxylation sites is 1. The van der Waals surface area contributed by atoms with Crippen molar-refractivity contribution in [2.75, 3.05) is 18.0 Å². The fourth-order valence-electron chi connectivity index (χ4n) is 2.27. The van der Waals surface area contributed by atoms with Crippen LogP contribution < -0.4 is 10.2 Å². The van der Waals surface area contributed by atoms with Crippen molar-refractivity contribution in [3.63, 3.8) is 0 Å². The second-order valence-electron chi connectivity index (χ2n) is 5.01. The molecule has 1 aliphatic heterocycles. The first-order chi connectivity index (χ1) is 9.13. The molecule has 2 rings (SSSR count). The Morgan fingerprint density at radius 2 is 2.11 bits per heavy atom. The molecule has 2 atom stereocenters. The molecule has 1 aromatic carbocycles. The van der Waals surface area contributed by atoms with Gasteiger partial charge in [-0.15, -0.1) is 11.8 Å². The summed E-state index contributed by atoms with van der Waals surface area (Å²) in [4.78, 5) is 15.5. The lowest BCUT2D eigenvalue weighted by molar-refractivity contribution is -0.119. The van der Waals surface area contributed by atoms with E-state index >= 15 is 0 Å². The molecule has 0 aliphatic carbocycles. The number of thioether (sulfide) groups is 1. The van der Waals surface area contributed by atoms with E-state index in [1.54, 1.807) is 0 Å². The van der Waals surface area contributed by atoms with Crippen molar-refractivity contribution < 1.29 is 4.79 Å². The summed E-state index contributed by atoms with van der Waals surface area (Å²) in [6, 6.07) is 8.72. The van der Waals surface area contributed by atoms with Crippen molar-refractivity contribution in [2.45, 2.75) is 43.4 Å². The lowest BCUT2D eigenvalue weighted by Gasteiger charge is -2.39. The van der Waals surface area contributed by atoms with E-state index in [4.69, 9.17) is 0 Å². The number of benzene rings is 1. The predicted molar refractivity (Wildman–Crippen MR) is 81.9 cm³/mol. The fourth-order valence-corrected chi connectivity index (χ4v) is 3.48. The Kier molecular flexibility index (Phi) is 4.75. The van der Waals surface area contributed by atoms with E-state index < -0.39 is 0 Å². The van der Waals surface area contributed by atoms with Gasteiger partial charge in [0.2, 0.25) is 5.91 Å². The lowest BCUT2D eigenvalue weighted by atomic mass is 10.1. The molecule has 0 fully saturated rings. The Morgan fingerprint density at radius 3 is 2.84 bits per heavy atom. The van der Waals surface area contributed by atoms with Crippen LogP contribution in [0, 0.1) is 0 Å². The highest BCUT2D eigenvalue weighted by Crippen LogP contribution is 2.40. The zero-order valence-electron chi connectivity index (χ0n) is 11.8. The van der Waals surface area contributed by atoms with Crippen molar-refractivity contribution in [1.82, 2.24) is 5.32 Å². The summed E-state index contributed by atoms with van der Waals surface area (Å²) in [7, 11) is 0. The first kappa shape index (κ1) is 14.3. The van der Waals surface area contributed by atoms with E-state index in [2.05, 4.69) is 49.2 Å². The molecule has 0 aromatic heterocycles. The molecule has 0 spiro atoms. The Morgan fingerprint density at radius 1 is 1.37 bits per heavy atom. The Bertz CT molecular complexity index is 450. The van der Waals surface area contributed by atoms with Crippen LogP contribution in [0.15, 0.2) is 29.2 Å². The molecule has 0 saturated carbocycles. The van der Waals surface area contributed by atoms with Gasteiger partial charge < -0.3 is 10.2 Å². The molecule has 1 aliphatic rings. The van der Waals surface area contributed by atoms with Gasteiger partial charge in [-0.2, -0.15) is 0 Å². The third-order valence-electron chi connectivity index (χ3n) is 3.54. The predicted octanol–water partition coefficient (Wildman–Crippen LogP) is 2.90. The maximum Gasteiger partial charge on any atom is 0.239 e. The SMILES string of the molecule is CCCNC(=O)CN1c2ccccc2S[C@H](C)[C@H]1C. The van der Waals surface area contributed by atoms with Crippen molar-refractivity contribution in [2.24, 2.45) is 0 Å². The average molecular weight is 278 g/mol. The maximum atomic E-state index is 12.0. The number of nitrogens with one attached hydrogen (secondary N) is 1. The standard InChI is InChI=1S/C15H22N2OS/c1-4-9-16-15(18)10-17-11(2)12(3)19-14-8-6-5-7-13(14)17/h5-8,11-12H,4,9-10H2,1-3H3,(H,16,18)/t11-,12-/m1/s1. The average Bonchev–Trinajstić information content (AvgIpc) is 2.41. The van der Waals surface area contributed by atoms with Crippen LogP contribution in [-0.2, 0) is 4.79 Å². The molecule has 104 valence electrons. The molecule has 1 heterocycles. The number of carbonyl (C=O) groups excluding carboxylic acids is 1. The molecule has 1 amide bonds. The third kappa shape index (κ3) is 3.24. The van der Waals surface area contributed by atoms with Gasteiger partial charge in [0.15, 0.2) is 0 Å². The van der Waals surface area contributed by atoms with E-state index in [9.17, 15) is 4.79 Å². The van der Waals surface area contributed by atoms with Gasteiger partial charge in [0.25, 0.3) is 0 Å². The molecule has 0 radical (unpaired) electrons. The number of fused-ring (bicyclic) bond motifs is 1. The number of hydrogen-bond acceptors (Lipinski definition) is 3. The highest BCUT2D eigenvalue weighted by molar-refractivity contribution is 8.00. The summed E-state index contributed by atoms with van der Waals surface area (Å²) in [5.41, 5.74) is 1.18. The van der Waals surface area contributed by atoms with Crippen molar-refractivity contribution in [3.8, 4) is 0 Å². The zero-order valence-corrected chi connectivity index (χ0v) is 12.7. The van der Waals surface area contributed by atoms with Gasteiger partial charge in [-0.05, 0) is 25.5 Å². The third-order valence-corrected chi connectivity index (χ3v) is 4.91. The van der Waals surface area contributed by atoms with Crippen LogP contribution in [0.4, 0.5) is 5.69 Å². The normalized spacial score (nSPS) is 21.9. The Hall–Kier alpha value is -1.16. The second kappa shape index (κ2) is 6.33. The first-order valence-corrected chi connectivity index (χ1v) is 7.80. The van der Waals surface area contributed by atoms with Gasteiger partial charge in [0, 0.05) is 22.7 Å². The maximum absolute atomic E-state index is 12.0. The van der Waals surface area contributed by atoms with Crippen LogP contribution in [-0.4, -0.2) is 30.3 Å². The number of amides is 1. The quantitative estimate of drug-likeness (QED) is 0.919. The van der Waals surface area contributed by atoms with Crippen molar-refractivity contribution in [3.05, 3.63) is 24.3 Å². The van der Waals surface area contributed by atoms with Crippen LogP contribution in [0.1, 0.15) is 27.2 Å². The summed E-state index contributed by atoms with van der Waals surface area (Å²) in [5.74, 6) is 0.114. The number of rotatable bonds is 4. The van der Waals surface area contributed by atoms with E-state index in [0.29, 0.717) is 17.8 Å². The highest BCUT2D eigenvalue weighted by atomic mass is 32.2. The number of nitrogens with zero attached hydrogens (tertiary/aromatic N) is 1. The smallest absolute Gasteiger partial charge is 0.239 e. The van der Waals surface area contributed by atoms with Crippen LogP contribution in [0.2, 0.25) is 0 Å². The molecular weight excluding hydrogens is 256 g/mol. The summed E-state index contributed by atoms with van der Waals surface area (Å²) in [5, 5.41) is 3.45. The minimum Gasteiger partial charge on any atom is -0.357 e.